The van der Waals surface area contributed by atoms with Crippen LogP contribution in [0.5, 0.6) is 11.5 Å². The van der Waals surface area contributed by atoms with E-state index >= 15 is 0 Å². The fourth-order valence-corrected chi connectivity index (χ4v) is 8.69. The minimum atomic E-state index is -2.05. The number of alkyl halides is 2. The normalized spacial score (nSPS) is 29.7. The second-order valence-corrected chi connectivity index (χ2v) is 14.2. The molecule has 0 spiro atoms. The molecule has 0 radical (unpaired) electrons. The minimum absolute atomic E-state index is 0.0719. The summed E-state index contributed by atoms with van der Waals surface area (Å²) in [6.45, 7) is 1.81. The quantitative estimate of drug-likeness (QED) is 0.177. The van der Waals surface area contributed by atoms with Crippen molar-refractivity contribution in [3.63, 3.8) is 0 Å². The number of nitrogens with zero attached hydrogens (tertiary/aromatic N) is 2. The van der Waals surface area contributed by atoms with E-state index in [1.807, 2.05) is 13.0 Å². The number of amides is 4. The van der Waals surface area contributed by atoms with Gasteiger partial charge in [0.2, 0.25) is 11.8 Å². The third-order valence-corrected chi connectivity index (χ3v) is 11.9. The summed E-state index contributed by atoms with van der Waals surface area (Å²) in [7, 11) is 1.41. The molecule has 8 nitrogen and oxygen atoms in total. The number of benzene rings is 3. The largest absolute Gasteiger partial charge is 0.504 e. The summed E-state index contributed by atoms with van der Waals surface area (Å²) >= 11 is 21.1. The van der Waals surface area contributed by atoms with E-state index in [2.05, 4.69) is 0 Å². The summed E-state index contributed by atoms with van der Waals surface area (Å²) in [6, 6.07) is 14.5. The zero-order valence-corrected chi connectivity index (χ0v) is 27.9. The first-order valence-electron chi connectivity index (χ1n) is 15.2. The lowest BCUT2D eigenvalue weighted by Gasteiger charge is -2.49. The highest BCUT2D eigenvalue weighted by atomic mass is 35.5. The maximum atomic E-state index is 14.4. The van der Waals surface area contributed by atoms with Crippen LogP contribution in [-0.4, -0.2) is 45.6 Å². The van der Waals surface area contributed by atoms with Gasteiger partial charge < -0.3 is 9.84 Å². The molecule has 3 aromatic rings. The number of imide groups is 2. The zero-order valence-electron chi connectivity index (χ0n) is 25.6. The summed E-state index contributed by atoms with van der Waals surface area (Å²) in [4.78, 5) is 54.7. The molecule has 7 rings (SSSR count). The van der Waals surface area contributed by atoms with E-state index < -0.39 is 62.9 Å². The number of hydrogen-bond acceptors (Lipinski definition) is 6. The predicted molar refractivity (Wildman–Crippen MR) is 180 cm³/mol. The molecular weight excluding hydrogens is 682 g/mol. The van der Waals surface area contributed by atoms with Crippen molar-refractivity contribution in [2.24, 2.45) is 23.7 Å². The maximum absolute atomic E-state index is 14.4. The number of phenols is 1. The van der Waals surface area contributed by atoms with Gasteiger partial charge in [-0.3, -0.25) is 19.2 Å². The summed E-state index contributed by atoms with van der Waals surface area (Å²) in [5.74, 6) is -6.23. The van der Waals surface area contributed by atoms with Crippen LogP contribution < -0.4 is 14.5 Å². The molecule has 48 heavy (non-hydrogen) atoms. The van der Waals surface area contributed by atoms with Gasteiger partial charge in [0.25, 0.3) is 11.8 Å². The monoisotopic (exact) mass is 708 g/mol. The molecule has 4 aliphatic rings. The van der Waals surface area contributed by atoms with Crippen LogP contribution in [0.25, 0.3) is 6.08 Å². The Kier molecular flexibility index (Phi) is 7.73. The van der Waals surface area contributed by atoms with Crippen molar-refractivity contribution >= 4 is 75.9 Å². The molecule has 2 heterocycles. The Bertz CT molecular complexity index is 1980. The topological polar surface area (TPSA) is 104 Å². The lowest BCUT2D eigenvalue weighted by Crippen LogP contribution is -2.60. The zero-order chi connectivity index (χ0) is 34.3. The second-order valence-electron chi connectivity index (χ2n) is 12.5. The fourth-order valence-electron chi connectivity index (χ4n) is 7.63. The molecule has 2 aliphatic heterocycles. The van der Waals surface area contributed by atoms with E-state index in [-0.39, 0.29) is 30.0 Å². The first kappa shape index (κ1) is 32.4. The van der Waals surface area contributed by atoms with Crippen molar-refractivity contribution in [2.75, 3.05) is 16.9 Å². The second kappa shape index (κ2) is 11.5. The van der Waals surface area contributed by atoms with Crippen LogP contribution in [0, 0.1) is 36.4 Å². The van der Waals surface area contributed by atoms with E-state index in [1.165, 1.54) is 25.3 Å². The molecule has 0 bridgehead atoms. The molecule has 3 aromatic carbocycles. The first-order chi connectivity index (χ1) is 22.8. The lowest BCUT2D eigenvalue weighted by molar-refractivity contribution is -0.125. The Hall–Kier alpha value is -4.18. The number of halogens is 4. The van der Waals surface area contributed by atoms with Crippen molar-refractivity contribution in [1.29, 1.82) is 0 Å². The Labute approximate surface area is 290 Å². The highest BCUT2D eigenvalue weighted by molar-refractivity contribution is 6.58. The first-order valence-corrected chi connectivity index (χ1v) is 16.4. The van der Waals surface area contributed by atoms with Gasteiger partial charge >= 0.3 is 0 Å². The predicted octanol–water partition coefficient (Wildman–Crippen LogP) is 6.82. The van der Waals surface area contributed by atoms with E-state index in [0.717, 1.165) is 27.5 Å². The SMILES string of the molecule is COc1cc(C=CC2C3=CCC4C(=O)N(c5ccc(C)c(Cl)c5)C(=O)C4C3CC3(Cl)C(=O)N(c4ccc(F)cc4)C(=O)C23Cl)ccc1O. The van der Waals surface area contributed by atoms with Gasteiger partial charge in [-0.25, -0.2) is 14.2 Å². The number of rotatable bonds is 5. The number of hydrogen-bond donors (Lipinski definition) is 1. The molecule has 6 unspecified atom stereocenters. The molecular formula is C36H28Cl3FN2O6. The van der Waals surface area contributed by atoms with E-state index in [9.17, 15) is 28.7 Å². The Morgan fingerprint density at radius 2 is 1.62 bits per heavy atom. The van der Waals surface area contributed by atoms with Gasteiger partial charge in [-0.1, -0.05) is 47.5 Å². The number of allylic oxidation sites excluding steroid dienone is 3. The Morgan fingerprint density at radius 1 is 0.917 bits per heavy atom. The van der Waals surface area contributed by atoms with Gasteiger partial charge in [0.05, 0.1) is 30.3 Å². The van der Waals surface area contributed by atoms with Gasteiger partial charge in [0, 0.05) is 10.9 Å². The van der Waals surface area contributed by atoms with Crippen LogP contribution in [0.2, 0.25) is 5.02 Å². The van der Waals surface area contributed by atoms with Gasteiger partial charge in [-0.15, -0.1) is 23.2 Å². The number of phenolic OH excluding ortho intramolecular Hbond substituents is 1. The minimum Gasteiger partial charge on any atom is -0.504 e. The molecule has 2 aliphatic carbocycles. The van der Waals surface area contributed by atoms with Crippen LogP contribution in [0.1, 0.15) is 24.0 Å². The molecule has 6 atom stereocenters. The van der Waals surface area contributed by atoms with Crippen molar-refractivity contribution in [3.8, 4) is 11.5 Å². The maximum Gasteiger partial charge on any atom is 0.258 e. The average molecular weight is 710 g/mol. The molecule has 246 valence electrons. The Balaban J connectivity index is 1.36. The number of aromatic hydroxyl groups is 1. The van der Waals surface area contributed by atoms with Crippen LogP contribution >= 0.6 is 34.8 Å². The molecule has 1 N–H and O–H groups in total. The average Bonchev–Trinajstić information content (AvgIpc) is 3.40. The lowest BCUT2D eigenvalue weighted by atomic mass is 9.57. The standard InChI is InChI=1S/C36H28Cl3FN2O6/c1-18-3-8-22(16-27(18)37)41-31(44)24-12-11-23-25(30(24)32(41)45)17-35(38)33(46)42(21-9-6-20(40)7-10-21)34(47)36(35,39)26(23)13-4-19-5-14-28(43)29(15-19)48-2/h3-11,13-16,24-26,30,43H,12,17H2,1-2H3. The third kappa shape index (κ3) is 4.55. The molecule has 2 saturated heterocycles. The number of methoxy groups -OCH3 is 1. The molecule has 4 amide bonds. The summed E-state index contributed by atoms with van der Waals surface area (Å²) in [5.41, 5.74) is 2.41. The van der Waals surface area contributed by atoms with E-state index in [4.69, 9.17) is 39.5 Å². The molecule has 3 fully saturated rings. The van der Waals surface area contributed by atoms with Crippen LogP contribution in [0.15, 0.2) is 78.4 Å². The molecule has 0 aromatic heterocycles. The van der Waals surface area contributed by atoms with Gasteiger partial charge in [-0.2, -0.15) is 0 Å². The van der Waals surface area contributed by atoms with Gasteiger partial charge in [-0.05, 0) is 85.3 Å². The number of aryl methyl sites for hydroxylation is 1. The summed E-state index contributed by atoms with van der Waals surface area (Å²) < 4.78 is 19.1. The van der Waals surface area contributed by atoms with Crippen LogP contribution in [-0.2, 0) is 19.2 Å². The number of fused-ring (bicyclic) bond motifs is 4. The number of ether oxygens (including phenoxy) is 1. The summed E-state index contributed by atoms with van der Waals surface area (Å²) in [5, 5.41) is 10.5. The van der Waals surface area contributed by atoms with Crippen molar-refractivity contribution in [1.82, 2.24) is 0 Å². The molecule has 12 heteroatoms. The fraction of sp³-hybridized carbons (Fsp3) is 0.278. The third-order valence-electron chi connectivity index (χ3n) is 10.1. The van der Waals surface area contributed by atoms with Gasteiger partial charge in [0.1, 0.15) is 5.82 Å². The Morgan fingerprint density at radius 3 is 2.31 bits per heavy atom. The molecule has 1 saturated carbocycles. The number of carbonyl (C=O) groups excluding carboxylic acids is 4. The number of anilines is 2. The van der Waals surface area contributed by atoms with E-state index in [1.54, 1.807) is 42.5 Å². The summed E-state index contributed by atoms with van der Waals surface area (Å²) in [6.07, 6.45) is 5.15. The van der Waals surface area contributed by atoms with Crippen LogP contribution in [0.3, 0.4) is 0 Å². The highest BCUT2D eigenvalue weighted by Crippen LogP contribution is 2.63. The van der Waals surface area contributed by atoms with Crippen molar-refractivity contribution in [2.45, 2.75) is 29.5 Å². The van der Waals surface area contributed by atoms with Gasteiger partial charge in [0.15, 0.2) is 21.2 Å². The van der Waals surface area contributed by atoms with Crippen molar-refractivity contribution < 1.29 is 33.4 Å². The van der Waals surface area contributed by atoms with Crippen LogP contribution in [0.4, 0.5) is 15.8 Å². The number of carbonyl (C=O) groups is 4. The van der Waals surface area contributed by atoms with Crippen molar-refractivity contribution in [3.05, 3.63) is 100 Å². The smallest absolute Gasteiger partial charge is 0.258 e. The van der Waals surface area contributed by atoms with E-state index in [0.29, 0.717) is 21.8 Å². The highest BCUT2D eigenvalue weighted by Gasteiger charge is 2.76.